The largest absolute Gasteiger partial charge is 0.364 e. The highest BCUT2D eigenvalue weighted by Crippen LogP contribution is 2.26. The van der Waals surface area contributed by atoms with Crippen LogP contribution in [0.15, 0.2) is 24.3 Å². The van der Waals surface area contributed by atoms with Gasteiger partial charge in [-0.1, -0.05) is 12.1 Å². The molecule has 22 heavy (non-hydrogen) atoms. The van der Waals surface area contributed by atoms with Gasteiger partial charge < -0.3 is 15.4 Å². The maximum atomic E-state index is 13.0. The maximum absolute atomic E-state index is 13.0. The fourth-order valence-electron chi connectivity index (χ4n) is 2.79. The van der Waals surface area contributed by atoms with Gasteiger partial charge in [-0.3, -0.25) is 4.79 Å². The number of ether oxygens (including phenoxy) is 1. The molecule has 1 aliphatic heterocycles. The number of likely N-dealkylation sites (N-methyl/N-ethyl adjacent to an activating group) is 1. The zero-order chi connectivity index (χ0) is 15.4. The average molecular weight is 331 g/mol. The van der Waals surface area contributed by atoms with Crippen molar-refractivity contribution in [3.63, 3.8) is 0 Å². The van der Waals surface area contributed by atoms with Crippen molar-refractivity contribution < 1.29 is 13.9 Å². The first-order valence-corrected chi connectivity index (χ1v) is 7.48. The summed E-state index contributed by atoms with van der Waals surface area (Å²) in [5.74, 6) is -0.282. The van der Waals surface area contributed by atoms with Crippen molar-refractivity contribution in [3.05, 3.63) is 35.6 Å². The van der Waals surface area contributed by atoms with E-state index in [-0.39, 0.29) is 36.3 Å². The van der Waals surface area contributed by atoms with Gasteiger partial charge in [0, 0.05) is 13.1 Å². The Morgan fingerprint density at radius 1 is 1.41 bits per heavy atom. The van der Waals surface area contributed by atoms with E-state index in [1.165, 1.54) is 12.1 Å². The number of carbonyl (C=O) groups excluding carboxylic acids is 1. The number of nitrogens with zero attached hydrogens (tertiary/aromatic N) is 1. The summed E-state index contributed by atoms with van der Waals surface area (Å²) < 4.78 is 18.7. The van der Waals surface area contributed by atoms with E-state index >= 15 is 0 Å². The lowest BCUT2D eigenvalue weighted by Crippen LogP contribution is -2.41. The molecule has 1 aliphatic rings. The summed E-state index contributed by atoms with van der Waals surface area (Å²) in [5.41, 5.74) is 6.50. The highest BCUT2D eigenvalue weighted by Gasteiger charge is 2.34. The van der Waals surface area contributed by atoms with E-state index in [2.05, 4.69) is 0 Å². The Kier molecular flexibility index (Phi) is 7.26. The Hall–Kier alpha value is -1.17. The molecule has 1 aromatic rings. The molecule has 4 nitrogen and oxygen atoms in total. The van der Waals surface area contributed by atoms with Crippen LogP contribution in [0.4, 0.5) is 4.39 Å². The highest BCUT2D eigenvalue weighted by atomic mass is 35.5. The van der Waals surface area contributed by atoms with Crippen molar-refractivity contribution in [3.8, 4) is 0 Å². The van der Waals surface area contributed by atoms with Crippen LogP contribution in [-0.4, -0.2) is 36.1 Å². The van der Waals surface area contributed by atoms with Crippen molar-refractivity contribution in [2.45, 2.75) is 44.9 Å². The van der Waals surface area contributed by atoms with E-state index in [0.29, 0.717) is 19.5 Å². The standard InChI is InChI=1S/C16H23FN2O2.ClH/c1-3-19(11(2)12-4-6-13(17)7-5-12)16(20)15-9-8-14(10-18)21-15;/h4-7,11,14-15H,3,8-10,18H2,1-2H3;1H/t11?,14-,15+;/m1./s1. The summed E-state index contributed by atoms with van der Waals surface area (Å²) in [6, 6.07) is 6.16. The molecule has 2 rings (SSSR count). The van der Waals surface area contributed by atoms with Gasteiger partial charge in [0.2, 0.25) is 0 Å². The van der Waals surface area contributed by atoms with E-state index in [1.54, 1.807) is 17.0 Å². The first kappa shape index (κ1) is 18.9. The molecule has 1 saturated heterocycles. The van der Waals surface area contributed by atoms with Crippen LogP contribution in [0, 0.1) is 5.82 Å². The fourth-order valence-corrected chi connectivity index (χ4v) is 2.79. The minimum absolute atomic E-state index is 0. The number of rotatable bonds is 5. The number of nitrogens with two attached hydrogens (primary N) is 1. The third-order valence-corrected chi connectivity index (χ3v) is 4.09. The SMILES string of the molecule is CCN(C(=O)[C@@H]1CC[C@H](CN)O1)C(C)c1ccc(F)cc1.Cl. The lowest BCUT2D eigenvalue weighted by atomic mass is 10.1. The molecule has 0 aromatic heterocycles. The third-order valence-electron chi connectivity index (χ3n) is 4.09. The quantitative estimate of drug-likeness (QED) is 0.903. The zero-order valence-electron chi connectivity index (χ0n) is 13.0. The number of benzene rings is 1. The molecule has 0 spiro atoms. The summed E-state index contributed by atoms with van der Waals surface area (Å²) in [7, 11) is 0. The Balaban J connectivity index is 0.00000242. The molecule has 0 radical (unpaired) electrons. The van der Waals surface area contributed by atoms with Gasteiger partial charge in [-0.25, -0.2) is 4.39 Å². The molecular formula is C16H24ClFN2O2. The molecule has 3 atom stereocenters. The lowest BCUT2D eigenvalue weighted by Gasteiger charge is -2.30. The van der Waals surface area contributed by atoms with Crippen LogP contribution in [-0.2, 0) is 9.53 Å². The zero-order valence-corrected chi connectivity index (χ0v) is 13.8. The molecule has 0 aliphatic carbocycles. The molecule has 1 fully saturated rings. The summed E-state index contributed by atoms with van der Waals surface area (Å²) in [6.07, 6.45) is 1.13. The van der Waals surface area contributed by atoms with Crippen LogP contribution in [0.25, 0.3) is 0 Å². The molecule has 1 unspecified atom stereocenters. The molecule has 0 saturated carbocycles. The van der Waals surface area contributed by atoms with Crippen LogP contribution in [0.2, 0.25) is 0 Å². The second kappa shape index (κ2) is 8.46. The van der Waals surface area contributed by atoms with Crippen molar-refractivity contribution in [2.75, 3.05) is 13.1 Å². The molecule has 1 heterocycles. The van der Waals surface area contributed by atoms with Gasteiger partial charge in [0.1, 0.15) is 11.9 Å². The van der Waals surface area contributed by atoms with Crippen LogP contribution < -0.4 is 5.73 Å². The number of hydrogen-bond donors (Lipinski definition) is 1. The Morgan fingerprint density at radius 3 is 2.55 bits per heavy atom. The average Bonchev–Trinajstić information content (AvgIpc) is 2.97. The molecule has 0 bridgehead atoms. The fraction of sp³-hybridized carbons (Fsp3) is 0.562. The van der Waals surface area contributed by atoms with Gasteiger partial charge in [0.15, 0.2) is 0 Å². The van der Waals surface area contributed by atoms with Crippen LogP contribution >= 0.6 is 12.4 Å². The van der Waals surface area contributed by atoms with Gasteiger partial charge in [0.25, 0.3) is 5.91 Å². The molecule has 6 heteroatoms. The van der Waals surface area contributed by atoms with Crippen molar-refractivity contribution in [1.29, 1.82) is 0 Å². The Morgan fingerprint density at radius 2 is 2.05 bits per heavy atom. The van der Waals surface area contributed by atoms with E-state index < -0.39 is 6.10 Å². The summed E-state index contributed by atoms with van der Waals surface area (Å²) in [5, 5.41) is 0. The van der Waals surface area contributed by atoms with E-state index in [4.69, 9.17) is 10.5 Å². The normalized spacial score (nSPS) is 22.0. The first-order chi connectivity index (χ1) is 10.1. The van der Waals surface area contributed by atoms with Crippen molar-refractivity contribution in [1.82, 2.24) is 4.90 Å². The Bertz CT molecular complexity index is 484. The van der Waals surface area contributed by atoms with Gasteiger partial charge in [-0.15, -0.1) is 12.4 Å². The molecule has 2 N–H and O–H groups in total. The van der Waals surface area contributed by atoms with Crippen LogP contribution in [0.3, 0.4) is 0 Å². The minimum atomic E-state index is -0.401. The number of halogens is 2. The summed E-state index contributed by atoms with van der Waals surface area (Å²) in [4.78, 5) is 14.4. The molecule has 1 amide bonds. The third kappa shape index (κ3) is 4.18. The predicted octanol–water partition coefficient (Wildman–Crippen LogP) is 2.66. The van der Waals surface area contributed by atoms with Crippen molar-refractivity contribution >= 4 is 18.3 Å². The lowest BCUT2D eigenvalue weighted by molar-refractivity contribution is -0.144. The monoisotopic (exact) mass is 330 g/mol. The van der Waals surface area contributed by atoms with E-state index in [1.807, 2.05) is 13.8 Å². The summed E-state index contributed by atoms with van der Waals surface area (Å²) in [6.45, 7) is 4.92. The van der Waals surface area contributed by atoms with Gasteiger partial charge in [0.05, 0.1) is 12.1 Å². The van der Waals surface area contributed by atoms with E-state index in [9.17, 15) is 9.18 Å². The van der Waals surface area contributed by atoms with E-state index in [0.717, 1.165) is 12.0 Å². The second-order valence-corrected chi connectivity index (χ2v) is 5.41. The highest BCUT2D eigenvalue weighted by molar-refractivity contribution is 5.85. The second-order valence-electron chi connectivity index (χ2n) is 5.41. The molecular weight excluding hydrogens is 307 g/mol. The van der Waals surface area contributed by atoms with Gasteiger partial charge in [-0.05, 0) is 44.4 Å². The summed E-state index contributed by atoms with van der Waals surface area (Å²) >= 11 is 0. The van der Waals surface area contributed by atoms with Gasteiger partial charge in [-0.2, -0.15) is 0 Å². The Labute approximate surface area is 137 Å². The number of hydrogen-bond acceptors (Lipinski definition) is 3. The smallest absolute Gasteiger partial charge is 0.252 e. The molecule has 1 aromatic carbocycles. The van der Waals surface area contributed by atoms with Gasteiger partial charge >= 0.3 is 0 Å². The first-order valence-electron chi connectivity index (χ1n) is 7.48. The maximum Gasteiger partial charge on any atom is 0.252 e. The van der Waals surface area contributed by atoms with Crippen LogP contribution in [0.5, 0.6) is 0 Å². The minimum Gasteiger partial charge on any atom is -0.364 e. The molecule has 124 valence electrons. The van der Waals surface area contributed by atoms with Crippen LogP contribution in [0.1, 0.15) is 38.3 Å². The number of carbonyl (C=O) groups is 1. The topological polar surface area (TPSA) is 55.6 Å². The van der Waals surface area contributed by atoms with Crippen molar-refractivity contribution in [2.24, 2.45) is 5.73 Å². The predicted molar refractivity (Wildman–Crippen MR) is 86.4 cm³/mol. The number of amides is 1.